The van der Waals surface area contributed by atoms with Gasteiger partial charge in [-0.2, -0.15) is 0 Å². The van der Waals surface area contributed by atoms with E-state index in [1.54, 1.807) is 13.2 Å². The lowest BCUT2D eigenvalue weighted by Crippen LogP contribution is -2.02. The van der Waals surface area contributed by atoms with E-state index >= 15 is 0 Å². The average Bonchev–Trinajstić information content (AvgIpc) is 2.36. The van der Waals surface area contributed by atoms with Crippen molar-refractivity contribution in [3.63, 3.8) is 0 Å². The van der Waals surface area contributed by atoms with Crippen LogP contribution in [-0.2, 0) is 11.2 Å². The maximum absolute atomic E-state index is 12.0. The number of methoxy groups -OCH3 is 1. The number of allylic oxidation sites excluding steroid dienone is 2. The van der Waals surface area contributed by atoms with E-state index in [1.807, 2.05) is 18.2 Å². The van der Waals surface area contributed by atoms with Crippen molar-refractivity contribution >= 4 is 21.7 Å². The molecule has 2 nitrogen and oxygen atoms in total. The van der Waals surface area contributed by atoms with Crippen LogP contribution in [0.25, 0.3) is 0 Å². The summed E-state index contributed by atoms with van der Waals surface area (Å²) in [5, 5.41) is 0. The maximum Gasteiger partial charge on any atom is 0.160 e. The Hall–Kier alpha value is -1.09. The lowest BCUT2D eigenvalue weighted by molar-refractivity contribution is -0.114. The zero-order valence-electron chi connectivity index (χ0n) is 11.1. The van der Waals surface area contributed by atoms with E-state index in [0.29, 0.717) is 6.42 Å². The van der Waals surface area contributed by atoms with Crippen LogP contribution in [0.4, 0.5) is 0 Å². The van der Waals surface area contributed by atoms with Crippen LogP contribution in [0.5, 0.6) is 5.75 Å². The van der Waals surface area contributed by atoms with Crippen molar-refractivity contribution in [2.24, 2.45) is 0 Å². The number of carbonyl (C=O) groups excluding carboxylic acids is 1. The van der Waals surface area contributed by atoms with Crippen molar-refractivity contribution in [1.29, 1.82) is 0 Å². The van der Waals surface area contributed by atoms with Gasteiger partial charge < -0.3 is 4.74 Å². The molecule has 0 spiro atoms. The number of carbonyl (C=O) groups is 1. The van der Waals surface area contributed by atoms with Crippen LogP contribution in [0, 0.1) is 0 Å². The fraction of sp³-hybridized carbons (Fsp3) is 0.400. The van der Waals surface area contributed by atoms with Gasteiger partial charge in [0, 0.05) is 16.5 Å². The highest BCUT2D eigenvalue weighted by atomic mass is 79.9. The van der Waals surface area contributed by atoms with Gasteiger partial charge in [-0.25, -0.2) is 0 Å². The molecule has 0 aromatic heterocycles. The van der Waals surface area contributed by atoms with Gasteiger partial charge in [-0.15, -0.1) is 0 Å². The number of rotatable bonds is 6. The van der Waals surface area contributed by atoms with E-state index in [-0.39, 0.29) is 5.78 Å². The van der Waals surface area contributed by atoms with E-state index in [1.165, 1.54) is 5.57 Å². The lowest BCUT2D eigenvalue weighted by Gasteiger charge is -2.08. The largest absolute Gasteiger partial charge is 0.496 e. The summed E-state index contributed by atoms with van der Waals surface area (Å²) in [5.74, 6) is 0.889. The van der Waals surface area contributed by atoms with E-state index in [2.05, 4.69) is 29.8 Å². The average molecular weight is 311 g/mol. The van der Waals surface area contributed by atoms with E-state index in [4.69, 9.17) is 4.74 Å². The van der Waals surface area contributed by atoms with Gasteiger partial charge in [0.25, 0.3) is 0 Å². The minimum Gasteiger partial charge on any atom is -0.496 e. The molecule has 0 saturated carbocycles. The Balaban J connectivity index is 2.87. The van der Waals surface area contributed by atoms with Crippen LogP contribution in [0.15, 0.2) is 34.3 Å². The first-order chi connectivity index (χ1) is 8.60. The molecule has 18 heavy (non-hydrogen) atoms. The molecule has 1 rings (SSSR count). The van der Waals surface area contributed by atoms with Gasteiger partial charge in [0.1, 0.15) is 5.75 Å². The molecule has 0 aliphatic heterocycles. The number of ketones is 1. The SMILES string of the molecule is CCC(=CC(=O)Cc1cc(Br)ccc1OC)CC. The summed E-state index contributed by atoms with van der Waals surface area (Å²) in [7, 11) is 1.62. The molecule has 3 heteroatoms. The third kappa shape index (κ3) is 4.30. The van der Waals surface area contributed by atoms with Gasteiger partial charge in [-0.05, 0) is 37.1 Å². The van der Waals surface area contributed by atoms with Gasteiger partial charge in [0.05, 0.1) is 7.11 Å². The third-order valence-corrected chi connectivity index (χ3v) is 3.37. The third-order valence-electron chi connectivity index (χ3n) is 2.88. The lowest BCUT2D eigenvalue weighted by atomic mass is 10.0. The summed E-state index contributed by atoms with van der Waals surface area (Å²) >= 11 is 3.41. The van der Waals surface area contributed by atoms with Crippen molar-refractivity contribution in [2.45, 2.75) is 33.1 Å². The zero-order chi connectivity index (χ0) is 13.5. The molecular weight excluding hydrogens is 292 g/mol. The molecular formula is C15H19BrO2. The fourth-order valence-corrected chi connectivity index (χ4v) is 2.21. The highest BCUT2D eigenvalue weighted by molar-refractivity contribution is 9.10. The molecule has 1 aromatic rings. The Bertz CT molecular complexity index is 444. The Morgan fingerprint density at radius 3 is 2.56 bits per heavy atom. The summed E-state index contributed by atoms with van der Waals surface area (Å²) < 4.78 is 6.22. The first-order valence-electron chi connectivity index (χ1n) is 6.15. The van der Waals surface area contributed by atoms with Crippen LogP contribution in [0.2, 0.25) is 0 Å². The standard InChI is InChI=1S/C15H19BrO2/c1-4-11(5-2)8-14(17)10-12-9-13(16)6-7-15(12)18-3/h6-9H,4-5,10H2,1-3H3. The van der Waals surface area contributed by atoms with Gasteiger partial charge in [0.15, 0.2) is 5.78 Å². The van der Waals surface area contributed by atoms with Crippen molar-refractivity contribution in [2.75, 3.05) is 7.11 Å². The number of ether oxygens (including phenoxy) is 1. The Morgan fingerprint density at radius 1 is 1.33 bits per heavy atom. The number of hydrogen-bond donors (Lipinski definition) is 0. The van der Waals surface area contributed by atoms with Crippen molar-refractivity contribution < 1.29 is 9.53 Å². The summed E-state index contributed by atoms with van der Waals surface area (Å²) in [6.07, 6.45) is 4.00. The van der Waals surface area contributed by atoms with Crippen LogP contribution < -0.4 is 4.74 Å². The molecule has 1 aromatic carbocycles. The predicted molar refractivity (Wildman–Crippen MR) is 78.1 cm³/mol. The quantitative estimate of drug-likeness (QED) is 0.732. The molecule has 0 heterocycles. The Kier molecular flexibility index (Phi) is 6.13. The van der Waals surface area contributed by atoms with Gasteiger partial charge >= 0.3 is 0 Å². The maximum atomic E-state index is 12.0. The van der Waals surface area contributed by atoms with Crippen LogP contribution >= 0.6 is 15.9 Å². The Morgan fingerprint density at radius 2 is 2.00 bits per heavy atom. The molecule has 0 saturated heterocycles. The zero-order valence-corrected chi connectivity index (χ0v) is 12.7. The minimum atomic E-state index is 0.130. The molecule has 0 unspecified atom stereocenters. The molecule has 0 radical (unpaired) electrons. The molecule has 0 bridgehead atoms. The topological polar surface area (TPSA) is 26.3 Å². The minimum absolute atomic E-state index is 0.130. The van der Waals surface area contributed by atoms with Gasteiger partial charge in [-0.1, -0.05) is 35.4 Å². The van der Waals surface area contributed by atoms with E-state index in [9.17, 15) is 4.79 Å². The molecule has 0 aliphatic carbocycles. The number of benzene rings is 1. The molecule has 98 valence electrons. The molecule has 0 atom stereocenters. The number of halogens is 1. The molecule has 0 N–H and O–H groups in total. The highest BCUT2D eigenvalue weighted by Crippen LogP contribution is 2.23. The van der Waals surface area contributed by atoms with Crippen molar-refractivity contribution in [3.8, 4) is 5.75 Å². The smallest absolute Gasteiger partial charge is 0.160 e. The van der Waals surface area contributed by atoms with E-state index in [0.717, 1.165) is 28.6 Å². The second kappa shape index (κ2) is 7.37. The first-order valence-corrected chi connectivity index (χ1v) is 6.94. The highest BCUT2D eigenvalue weighted by Gasteiger charge is 2.08. The van der Waals surface area contributed by atoms with Gasteiger partial charge in [0.2, 0.25) is 0 Å². The number of hydrogen-bond acceptors (Lipinski definition) is 2. The summed E-state index contributed by atoms with van der Waals surface area (Å²) in [5.41, 5.74) is 2.11. The second-order valence-electron chi connectivity index (χ2n) is 4.11. The van der Waals surface area contributed by atoms with Crippen molar-refractivity contribution in [3.05, 3.63) is 39.9 Å². The normalized spacial score (nSPS) is 10.0. The molecule has 0 fully saturated rings. The fourth-order valence-electron chi connectivity index (χ4n) is 1.81. The molecule has 0 amide bonds. The van der Waals surface area contributed by atoms with Crippen LogP contribution in [-0.4, -0.2) is 12.9 Å². The second-order valence-corrected chi connectivity index (χ2v) is 5.02. The van der Waals surface area contributed by atoms with Crippen LogP contribution in [0.3, 0.4) is 0 Å². The predicted octanol–water partition coefficient (Wildman–Crippen LogP) is 4.32. The van der Waals surface area contributed by atoms with Crippen LogP contribution in [0.1, 0.15) is 32.3 Å². The monoisotopic (exact) mass is 310 g/mol. The summed E-state index contributed by atoms with van der Waals surface area (Å²) in [6, 6.07) is 5.71. The summed E-state index contributed by atoms with van der Waals surface area (Å²) in [6.45, 7) is 4.14. The van der Waals surface area contributed by atoms with Crippen molar-refractivity contribution in [1.82, 2.24) is 0 Å². The Labute approximate surface area is 117 Å². The van der Waals surface area contributed by atoms with Gasteiger partial charge in [-0.3, -0.25) is 4.79 Å². The molecule has 0 aliphatic rings. The first kappa shape index (κ1) is 15.0. The van der Waals surface area contributed by atoms with E-state index < -0.39 is 0 Å². The summed E-state index contributed by atoms with van der Waals surface area (Å²) in [4.78, 5) is 12.0.